The third-order valence-electron chi connectivity index (χ3n) is 3.62. The minimum atomic E-state index is -0.121. The number of pyridine rings is 1. The first-order valence-corrected chi connectivity index (χ1v) is 7.93. The number of likely N-dealkylation sites (N-methyl/N-ethyl adjacent to an activating group) is 1. The topological polar surface area (TPSA) is 45.2 Å². The van der Waals surface area contributed by atoms with Crippen LogP contribution in [0.25, 0.3) is 0 Å². The van der Waals surface area contributed by atoms with E-state index in [0.29, 0.717) is 0 Å². The number of rotatable bonds is 6. The summed E-state index contributed by atoms with van der Waals surface area (Å²) in [6.45, 7) is 2.86. The highest BCUT2D eigenvalue weighted by molar-refractivity contribution is 8.00. The second-order valence-electron chi connectivity index (χ2n) is 5.79. The first kappa shape index (κ1) is 15.3. The van der Waals surface area contributed by atoms with Crippen molar-refractivity contribution in [1.29, 1.82) is 0 Å². The van der Waals surface area contributed by atoms with Gasteiger partial charge in [-0.3, -0.25) is 4.79 Å². The maximum absolute atomic E-state index is 12.4. The molecular formula is C15H23N3OS. The van der Waals surface area contributed by atoms with Gasteiger partial charge in [0.15, 0.2) is 0 Å². The summed E-state index contributed by atoms with van der Waals surface area (Å²) in [5.41, 5.74) is -0.0144. The molecule has 110 valence electrons. The fourth-order valence-electron chi connectivity index (χ4n) is 2.55. The van der Waals surface area contributed by atoms with Crippen molar-refractivity contribution in [3.05, 3.63) is 24.4 Å². The van der Waals surface area contributed by atoms with Gasteiger partial charge in [0.1, 0.15) is 0 Å². The lowest BCUT2D eigenvalue weighted by Gasteiger charge is -2.44. The van der Waals surface area contributed by atoms with Crippen LogP contribution in [0.15, 0.2) is 29.4 Å². The molecule has 1 N–H and O–H groups in total. The van der Waals surface area contributed by atoms with E-state index in [0.717, 1.165) is 24.4 Å². The molecule has 1 amide bonds. The maximum Gasteiger partial charge on any atom is 0.233 e. The van der Waals surface area contributed by atoms with Crippen molar-refractivity contribution in [3.63, 3.8) is 0 Å². The lowest BCUT2D eigenvalue weighted by molar-refractivity contribution is -0.123. The van der Waals surface area contributed by atoms with Crippen LogP contribution in [0.4, 0.5) is 0 Å². The highest BCUT2D eigenvalue weighted by atomic mass is 32.2. The van der Waals surface area contributed by atoms with E-state index in [1.807, 2.05) is 25.1 Å². The lowest BCUT2D eigenvalue weighted by Crippen LogP contribution is -2.60. The van der Waals surface area contributed by atoms with Crippen LogP contribution in [-0.2, 0) is 4.79 Å². The Kier molecular flexibility index (Phi) is 5.05. The van der Waals surface area contributed by atoms with Crippen LogP contribution >= 0.6 is 11.8 Å². The molecule has 1 aliphatic rings. The largest absolute Gasteiger partial charge is 0.348 e. The number of carbonyl (C=O) groups is 1. The lowest BCUT2D eigenvalue weighted by atomic mass is 9.76. The van der Waals surface area contributed by atoms with Gasteiger partial charge < -0.3 is 10.2 Å². The zero-order valence-electron chi connectivity index (χ0n) is 12.4. The third-order valence-corrected chi connectivity index (χ3v) is 4.67. The molecule has 1 aliphatic carbocycles. The number of amides is 1. The molecule has 0 radical (unpaired) electrons. The molecule has 1 aromatic heterocycles. The smallest absolute Gasteiger partial charge is 0.233 e. The molecule has 20 heavy (non-hydrogen) atoms. The third kappa shape index (κ3) is 3.96. The molecule has 0 bridgehead atoms. The van der Waals surface area contributed by atoms with Crippen LogP contribution in [-0.4, -0.2) is 47.2 Å². The highest BCUT2D eigenvalue weighted by Crippen LogP contribution is 2.33. The number of aromatic nitrogens is 1. The van der Waals surface area contributed by atoms with E-state index in [4.69, 9.17) is 0 Å². The first-order chi connectivity index (χ1) is 9.51. The van der Waals surface area contributed by atoms with Crippen LogP contribution < -0.4 is 5.32 Å². The van der Waals surface area contributed by atoms with E-state index in [1.54, 1.807) is 6.20 Å². The van der Waals surface area contributed by atoms with Gasteiger partial charge >= 0.3 is 0 Å². The first-order valence-electron chi connectivity index (χ1n) is 7.05. The second kappa shape index (κ2) is 6.59. The van der Waals surface area contributed by atoms with Gasteiger partial charge in [0.2, 0.25) is 5.91 Å². The van der Waals surface area contributed by atoms with Gasteiger partial charge in [-0.25, -0.2) is 4.98 Å². The quantitative estimate of drug-likeness (QED) is 0.817. The molecule has 1 heterocycles. The van der Waals surface area contributed by atoms with Crippen molar-refractivity contribution in [2.75, 3.05) is 20.6 Å². The van der Waals surface area contributed by atoms with Crippen LogP contribution in [0.3, 0.4) is 0 Å². The van der Waals surface area contributed by atoms with Gasteiger partial charge in [0.25, 0.3) is 0 Å². The molecule has 0 unspecified atom stereocenters. The van der Waals surface area contributed by atoms with Crippen molar-refractivity contribution < 1.29 is 4.79 Å². The zero-order chi connectivity index (χ0) is 14.6. The van der Waals surface area contributed by atoms with Crippen molar-refractivity contribution in [1.82, 2.24) is 15.2 Å². The van der Waals surface area contributed by atoms with Crippen LogP contribution in [0.1, 0.15) is 26.2 Å². The van der Waals surface area contributed by atoms with E-state index in [1.165, 1.54) is 18.2 Å². The number of hydrogen-bond donors (Lipinski definition) is 1. The maximum atomic E-state index is 12.4. The standard InChI is InChI=1S/C15H23N3OS/c1-12(20-13-7-4-5-10-16-13)14(19)17-15(8-6-9-15)11-18(2)3/h4-5,7,10,12H,6,8-9,11H2,1-3H3,(H,17,19)/t12-/m0/s1. The summed E-state index contributed by atoms with van der Waals surface area (Å²) in [5.74, 6) is 0.113. The summed E-state index contributed by atoms with van der Waals surface area (Å²) in [5, 5.41) is 4.03. The summed E-state index contributed by atoms with van der Waals surface area (Å²) in [4.78, 5) is 18.8. The molecule has 1 saturated carbocycles. The Morgan fingerprint density at radius 1 is 1.50 bits per heavy atom. The molecule has 0 spiro atoms. The predicted molar refractivity (Wildman–Crippen MR) is 82.8 cm³/mol. The summed E-state index contributed by atoms with van der Waals surface area (Å²) in [6, 6.07) is 5.77. The SMILES string of the molecule is C[C@H](Sc1ccccn1)C(=O)NC1(CN(C)C)CCC1. The fourth-order valence-corrected chi connectivity index (χ4v) is 3.35. The zero-order valence-corrected chi connectivity index (χ0v) is 13.2. The van der Waals surface area contributed by atoms with Gasteiger partial charge in [-0.05, 0) is 52.4 Å². The Hall–Kier alpha value is -1.07. The van der Waals surface area contributed by atoms with Crippen molar-refractivity contribution in [3.8, 4) is 0 Å². The summed E-state index contributed by atoms with van der Waals surface area (Å²) in [6.07, 6.45) is 5.12. The number of hydrogen-bond acceptors (Lipinski definition) is 4. The van der Waals surface area contributed by atoms with Gasteiger partial charge in [-0.2, -0.15) is 0 Å². The molecule has 2 rings (SSSR count). The fraction of sp³-hybridized carbons (Fsp3) is 0.600. The number of nitrogens with zero attached hydrogens (tertiary/aromatic N) is 2. The molecule has 1 atom stereocenters. The molecule has 5 heteroatoms. The molecule has 1 aromatic rings. The van der Waals surface area contributed by atoms with E-state index >= 15 is 0 Å². The normalized spacial score (nSPS) is 18.4. The van der Waals surface area contributed by atoms with Gasteiger partial charge in [0, 0.05) is 12.7 Å². The predicted octanol–water partition coefficient (Wildman–Crippen LogP) is 2.16. The molecule has 0 aromatic carbocycles. The van der Waals surface area contributed by atoms with E-state index in [2.05, 4.69) is 29.3 Å². The minimum absolute atomic E-state index is 0.0144. The van der Waals surface area contributed by atoms with E-state index in [-0.39, 0.29) is 16.7 Å². The molecular weight excluding hydrogens is 270 g/mol. The Labute approximate surface area is 125 Å². The second-order valence-corrected chi connectivity index (χ2v) is 7.15. The average Bonchev–Trinajstić information content (AvgIpc) is 2.36. The summed E-state index contributed by atoms with van der Waals surface area (Å²) < 4.78 is 0. The van der Waals surface area contributed by atoms with Crippen LogP contribution in [0, 0.1) is 0 Å². The van der Waals surface area contributed by atoms with Crippen LogP contribution in [0.5, 0.6) is 0 Å². The number of carbonyl (C=O) groups excluding carboxylic acids is 1. The Morgan fingerprint density at radius 2 is 2.25 bits per heavy atom. The monoisotopic (exact) mass is 293 g/mol. The molecule has 0 aliphatic heterocycles. The summed E-state index contributed by atoms with van der Waals surface area (Å²) in [7, 11) is 4.11. The Morgan fingerprint density at radius 3 is 2.75 bits per heavy atom. The molecule has 0 saturated heterocycles. The average molecular weight is 293 g/mol. The number of thioether (sulfide) groups is 1. The van der Waals surface area contributed by atoms with E-state index in [9.17, 15) is 4.79 Å². The van der Waals surface area contributed by atoms with Gasteiger partial charge in [-0.1, -0.05) is 17.8 Å². The summed E-state index contributed by atoms with van der Waals surface area (Å²) >= 11 is 1.51. The molecule has 1 fully saturated rings. The van der Waals surface area contributed by atoms with E-state index < -0.39 is 0 Å². The van der Waals surface area contributed by atoms with Gasteiger partial charge in [-0.15, -0.1) is 0 Å². The highest BCUT2D eigenvalue weighted by Gasteiger charge is 2.39. The van der Waals surface area contributed by atoms with Crippen molar-refractivity contribution >= 4 is 17.7 Å². The van der Waals surface area contributed by atoms with Crippen molar-refractivity contribution in [2.45, 2.75) is 42.0 Å². The minimum Gasteiger partial charge on any atom is -0.348 e. The van der Waals surface area contributed by atoms with Crippen molar-refractivity contribution in [2.24, 2.45) is 0 Å². The number of nitrogens with one attached hydrogen (secondary N) is 1. The Bertz CT molecular complexity index is 446. The van der Waals surface area contributed by atoms with Crippen LogP contribution in [0.2, 0.25) is 0 Å². The Balaban J connectivity index is 1.90. The molecule has 4 nitrogen and oxygen atoms in total. The van der Waals surface area contributed by atoms with Gasteiger partial charge in [0.05, 0.1) is 15.8 Å².